The van der Waals surface area contributed by atoms with Crippen molar-refractivity contribution in [1.29, 1.82) is 0 Å². The van der Waals surface area contributed by atoms with E-state index in [9.17, 15) is 8.78 Å². The molecule has 1 aromatic rings. The summed E-state index contributed by atoms with van der Waals surface area (Å²) >= 11 is 12.0. The second kappa shape index (κ2) is 4.18. The topological polar surface area (TPSA) is 15.6 Å². The lowest BCUT2D eigenvalue weighted by molar-refractivity contribution is 0.508. The van der Waals surface area contributed by atoms with E-state index in [2.05, 4.69) is 4.99 Å². The molecule has 0 saturated carbocycles. The molecule has 0 N–H and O–H groups in total. The number of allylic oxidation sites excluding steroid dienone is 1. The highest BCUT2D eigenvalue weighted by Crippen LogP contribution is 2.37. The first-order chi connectivity index (χ1) is 8.86. The van der Waals surface area contributed by atoms with Gasteiger partial charge in [0.1, 0.15) is 6.17 Å². The zero-order valence-corrected chi connectivity index (χ0v) is 11.5. The van der Waals surface area contributed by atoms with Crippen LogP contribution in [-0.4, -0.2) is 16.2 Å². The summed E-state index contributed by atoms with van der Waals surface area (Å²) in [5, 5.41) is 0. The highest BCUT2D eigenvalue weighted by atomic mass is 35.5. The van der Waals surface area contributed by atoms with E-state index in [0.29, 0.717) is 17.8 Å². The summed E-state index contributed by atoms with van der Waals surface area (Å²) < 4.78 is 25.4. The summed E-state index contributed by atoms with van der Waals surface area (Å²) in [5.41, 5.74) is 1.91. The van der Waals surface area contributed by atoms with Gasteiger partial charge in [0.05, 0.1) is 5.71 Å². The van der Waals surface area contributed by atoms with Gasteiger partial charge < -0.3 is 4.90 Å². The maximum Gasteiger partial charge on any atom is 0.160 e. The highest BCUT2D eigenvalue weighted by molar-refractivity contribution is 6.59. The molecule has 2 aliphatic rings. The summed E-state index contributed by atoms with van der Waals surface area (Å²) in [6.45, 7) is 1.64. The van der Waals surface area contributed by atoms with Gasteiger partial charge in [0.15, 0.2) is 16.0 Å². The minimum absolute atomic E-state index is 0.243. The third kappa shape index (κ3) is 2.13. The second-order valence-electron chi connectivity index (χ2n) is 4.71. The Bertz CT molecular complexity index is 605. The van der Waals surface area contributed by atoms with Crippen LogP contribution in [0.1, 0.15) is 12.5 Å². The molecule has 2 heterocycles. The van der Waals surface area contributed by atoms with E-state index < -0.39 is 16.0 Å². The Morgan fingerprint density at radius 3 is 2.68 bits per heavy atom. The van der Waals surface area contributed by atoms with E-state index in [1.165, 1.54) is 12.1 Å². The van der Waals surface area contributed by atoms with E-state index in [-0.39, 0.29) is 6.17 Å². The van der Waals surface area contributed by atoms with Crippen molar-refractivity contribution in [2.45, 2.75) is 23.8 Å². The van der Waals surface area contributed by atoms with Gasteiger partial charge in [-0.3, -0.25) is 4.99 Å². The SMILES string of the molecule is CC(Cl)(Cl)C1=NC2Cc3cc(F)c(F)cc3N2C=C1. The summed E-state index contributed by atoms with van der Waals surface area (Å²) in [5.74, 6) is -1.70. The Labute approximate surface area is 119 Å². The van der Waals surface area contributed by atoms with Crippen molar-refractivity contribution in [2.24, 2.45) is 4.99 Å². The molecule has 0 aromatic heterocycles. The van der Waals surface area contributed by atoms with Crippen LogP contribution in [0, 0.1) is 11.6 Å². The number of alkyl halides is 2. The molecule has 19 heavy (non-hydrogen) atoms. The van der Waals surface area contributed by atoms with E-state index in [0.717, 1.165) is 5.56 Å². The Balaban J connectivity index is 2.00. The lowest BCUT2D eigenvalue weighted by Crippen LogP contribution is -2.33. The first kappa shape index (κ1) is 12.9. The lowest BCUT2D eigenvalue weighted by Gasteiger charge is -2.27. The van der Waals surface area contributed by atoms with Crippen LogP contribution in [0.4, 0.5) is 14.5 Å². The number of aliphatic imine (C=N–C) groups is 1. The molecule has 3 rings (SSSR count). The number of rotatable bonds is 1. The van der Waals surface area contributed by atoms with Crippen LogP contribution in [0.15, 0.2) is 29.4 Å². The van der Waals surface area contributed by atoms with E-state index >= 15 is 0 Å². The van der Waals surface area contributed by atoms with Crippen molar-refractivity contribution in [1.82, 2.24) is 0 Å². The minimum atomic E-state index is -1.08. The molecule has 0 amide bonds. The van der Waals surface area contributed by atoms with Crippen molar-refractivity contribution in [2.75, 3.05) is 4.90 Å². The van der Waals surface area contributed by atoms with Gasteiger partial charge in [0, 0.05) is 24.4 Å². The summed E-state index contributed by atoms with van der Waals surface area (Å²) in [7, 11) is 0. The van der Waals surface area contributed by atoms with Crippen LogP contribution in [-0.2, 0) is 6.42 Å². The summed E-state index contributed by atoms with van der Waals surface area (Å²) in [6, 6.07) is 2.41. The molecular formula is C13H10Cl2F2N2. The molecule has 0 bridgehead atoms. The molecule has 0 radical (unpaired) electrons. The molecule has 6 heteroatoms. The quantitative estimate of drug-likeness (QED) is 0.720. The van der Waals surface area contributed by atoms with E-state index in [1.54, 1.807) is 24.1 Å². The first-order valence-electron chi connectivity index (χ1n) is 5.77. The Hall–Kier alpha value is -1.13. The number of hydrogen-bond donors (Lipinski definition) is 0. The van der Waals surface area contributed by atoms with Crippen LogP contribution in [0.3, 0.4) is 0 Å². The Morgan fingerprint density at radius 2 is 2.00 bits per heavy atom. The van der Waals surface area contributed by atoms with Gasteiger partial charge in [-0.2, -0.15) is 0 Å². The van der Waals surface area contributed by atoms with Gasteiger partial charge >= 0.3 is 0 Å². The monoisotopic (exact) mass is 302 g/mol. The molecule has 0 fully saturated rings. The fourth-order valence-corrected chi connectivity index (χ4v) is 2.56. The normalized spacial score (nSPS) is 21.2. The van der Waals surface area contributed by atoms with E-state index in [4.69, 9.17) is 23.2 Å². The van der Waals surface area contributed by atoms with Gasteiger partial charge in [0.25, 0.3) is 0 Å². The minimum Gasteiger partial charge on any atom is -0.325 e. The molecule has 100 valence electrons. The maximum absolute atomic E-state index is 13.3. The summed E-state index contributed by atoms with van der Waals surface area (Å²) in [4.78, 5) is 6.23. The van der Waals surface area contributed by atoms with Gasteiger partial charge in [-0.25, -0.2) is 8.78 Å². The molecule has 0 saturated heterocycles. The fraction of sp³-hybridized carbons (Fsp3) is 0.308. The largest absolute Gasteiger partial charge is 0.325 e. The molecule has 0 aliphatic carbocycles. The first-order valence-corrected chi connectivity index (χ1v) is 6.52. The van der Waals surface area contributed by atoms with Gasteiger partial charge in [-0.05, 0) is 24.6 Å². The predicted molar refractivity (Wildman–Crippen MR) is 73.0 cm³/mol. The van der Waals surface area contributed by atoms with Crippen molar-refractivity contribution in [3.63, 3.8) is 0 Å². The van der Waals surface area contributed by atoms with Gasteiger partial charge in [0.2, 0.25) is 0 Å². The average molecular weight is 303 g/mol. The van der Waals surface area contributed by atoms with Crippen LogP contribution >= 0.6 is 23.2 Å². The Kier molecular flexibility index (Phi) is 2.84. The van der Waals surface area contributed by atoms with Crippen LogP contribution in [0.2, 0.25) is 0 Å². The van der Waals surface area contributed by atoms with Crippen molar-refractivity contribution in [3.05, 3.63) is 41.6 Å². The zero-order chi connectivity index (χ0) is 13.8. The van der Waals surface area contributed by atoms with Gasteiger partial charge in [-0.15, -0.1) is 0 Å². The molecule has 1 aromatic carbocycles. The van der Waals surface area contributed by atoms with Crippen LogP contribution < -0.4 is 4.90 Å². The molecule has 2 aliphatic heterocycles. The standard InChI is InChI=1S/C13H10Cl2F2N2/c1-13(14,15)11-2-3-19-10-6-9(17)8(16)4-7(10)5-12(19)18-11/h2-4,6,12H,5H2,1H3. The number of hydrogen-bond acceptors (Lipinski definition) is 2. The smallest absolute Gasteiger partial charge is 0.160 e. The van der Waals surface area contributed by atoms with Crippen molar-refractivity contribution >= 4 is 34.6 Å². The fourth-order valence-electron chi connectivity index (χ4n) is 2.34. The van der Waals surface area contributed by atoms with E-state index in [1.807, 2.05) is 0 Å². The molecule has 0 spiro atoms. The number of benzene rings is 1. The average Bonchev–Trinajstić information content (AvgIpc) is 2.65. The highest BCUT2D eigenvalue weighted by Gasteiger charge is 2.34. The van der Waals surface area contributed by atoms with Crippen LogP contribution in [0.25, 0.3) is 0 Å². The molecule has 2 nitrogen and oxygen atoms in total. The maximum atomic E-state index is 13.3. The summed E-state index contributed by atoms with van der Waals surface area (Å²) in [6.07, 6.45) is 3.70. The zero-order valence-electron chi connectivity index (χ0n) is 10.0. The number of fused-ring (bicyclic) bond motifs is 3. The molecule has 1 atom stereocenters. The third-order valence-corrected chi connectivity index (χ3v) is 3.64. The molecule has 1 unspecified atom stereocenters. The third-order valence-electron chi connectivity index (χ3n) is 3.25. The van der Waals surface area contributed by atoms with Gasteiger partial charge in [-0.1, -0.05) is 23.2 Å². The van der Waals surface area contributed by atoms with Crippen LogP contribution in [0.5, 0.6) is 0 Å². The number of nitrogens with zero attached hydrogens (tertiary/aromatic N) is 2. The van der Waals surface area contributed by atoms with Crippen molar-refractivity contribution in [3.8, 4) is 0 Å². The predicted octanol–water partition coefficient (Wildman–Crippen LogP) is 3.82. The number of halogens is 4. The number of anilines is 1. The Morgan fingerprint density at radius 1 is 1.32 bits per heavy atom. The van der Waals surface area contributed by atoms with Crippen molar-refractivity contribution < 1.29 is 8.78 Å². The lowest BCUT2D eigenvalue weighted by atomic mass is 10.1. The molecular weight excluding hydrogens is 293 g/mol. The second-order valence-corrected chi connectivity index (χ2v) is 6.41.